The molecule has 2 rings (SSSR count). The van der Waals surface area contributed by atoms with Gasteiger partial charge in [0.1, 0.15) is 0 Å². The fraction of sp³-hybridized carbons (Fsp3) is 1.00. The highest BCUT2D eigenvalue weighted by Crippen LogP contribution is 2.28. The van der Waals surface area contributed by atoms with Crippen LogP contribution in [0.3, 0.4) is 0 Å². The van der Waals surface area contributed by atoms with Crippen LogP contribution in [-0.2, 0) is 4.74 Å². The lowest BCUT2D eigenvalue weighted by Crippen LogP contribution is -2.43. The topological polar surface area (TPSA) is 24.5 Å². The predicted octanol–water partition coefficient (Wildman–Crippen LogP) is 1.88. The summed E-state index contributed by atoms with van der Waals surface area (Å²) < 4.78 is 5.62. The van der Waals surface area contributed by atoms with Crippen LogP contribution in [0.2, 0.25) is 0 Å². The first-order valence-corrected chi connectivity index (χ1v) is 7.35. The number of nitrogens with one attached hydrogen (secondary N) is 1. The van der Waals surface area contributed by atoms with E-state index in [4.69, 9.17) is 4.74 Å². The summed E-state index contributed by atoms with van der Waals surface area (Å²) in [5.74, 6) is 0.902. The zero-order valence-corrected chi connectivity index (χ0v) is 11.3. The zero-order chi connectivity index (χ0) is 11.9. The van der Waals surface area contributed by atoms with E-state index in [2.05, 4.69) is 17.3 Å². The molecule has 2 fully saturated rings. The Kier molecular flexibility index (Phi) is 5.75. The quantitative estimate of drug-likeness (QED) is 0.656. The number of nitrogens with zero attached hydrogens (tertiary/aromatic N) is 1. The molecule has 0 bridgehead atoms. The Morgan fingerprint density at radius 1 is 1.24 bits per heavy atom. The van der Waals surface area contributed by atoms with Gasteiger partial charge in [0, 0.05) is 25.8 Å². The van der Waals surface area contributed by atoms with Crippen molar-refractivity contribution in [1.82, 2.24) is 10.2 Å². The lowest BCUT2D eigenvalue weighted by atomic mass is 10.0. The van der Waals surface area contributed by atoms with Crippen molar-refractivity contribution < 1.29 is 4.74 Å². The highest BCUT2D eigenvalue weighted by molar-refractivity contribution is 4.76. The third-order valence-electron chi connectivity index (χ3n) is 3.99. The minimum absolute atomic E-state index is 0.760. The van der Waals surface area contributed by atoms with Crippen LogP contribution >= 0.6 is 0 Å². The SMILES string of the molecule is CN1CCCCC1CNCCCOCC1CC1. The lowest BCUT2D eigenvalue weighted by molar-refractivity contribution is 0.121. The van der Waals surface area contributed by atoms with Gasteiger partial charge in [0.05, 0.1) is 0 Å². The van der Waals surface area contributed by atoms with Crippen LogP contribution in [0.5, 0.6) is 0 Å². The van der Waals surface area contributed by atoms with E-state index < -0.39 is 0 Å². The molecule has 17 heavy (non-hydrogen) atoms. The number of likely N-dealkylation sites (tertiary alicyclic amines) is 1. The zero-order valence-electron chi connectivity index (χ0n) is 11.3. The van der Waals surface area contributed by atoms with Crippen LogP contribution in [-0.4, -0.2) is 50.8 Å². The van der Waals surface area contributed by atoms with Crippen LogP contribution in [0.4, 0.5) is 0 Å². The summed E-state index contributed by atoms with van der Waals surface area (Å²) in [4.78, 5) is 2.50. The summed E-state index contributed by atoms with van der Waals surface area (Å²) in [6.07, 6.45) is 8.09. The van der Waals surface area contributed by atoms with E-state index in [9.17, 15) is 0 Å². The monoisotopic (exact) mass is 240 g/mol. The molecule has 3 heteroatoms. The maximum Gasteiger partial charge on any atom is 0.0494 e. The van der Waals surface area contributed by atoms with Gasteiger partial charge in [0.2, 0.25) is 0 Å². The van der Waals surface area contributed by atoms with Crippen molar-refractivity contribution in [2.24, 2.45) is 5.92 Å². The Bertz CT molecular complexity index is 206. The largest absolute Gasteiger partial charge is 0.381 e. The Morgan fingerprint density at radius 2 is 2.12 bits per heavy atom. The third kappa shape index (κ3) is 5.36. The van der Waals surface area contributed by atoms with Crippen LogP contribution < -0.4 is 5.32 Å². The van der Waals surface area contributed by atoms with Crippen molar-refractivity contribution in [3.63, 3.8) is 0 Å². The summed E-state index contributed by atoms with van der Waals surface area (Å²) in [6, 6.07) is 0.760. The summed E-state index contributed by atoms with van der Waals surface area (Å²) in [5, 5.41) is 3.57. The van der Waals surface area contributed by atoms with Gasteiger partial charge < -0.3 is 15.0 Å². The van der Waals surface area contributed by atoms with E-state index >= 15 is 0 Å². The van der Waals surface area contributed by atoms with Gasteiger partial charge in [-0.15, -0.1) is 0 Å². The minimum atomic E-state index is 0.760. The van der Waals surface area contributed by atoms with Gasteiger partial charge in [-0.25, -0.2) is 0 Å². The predicted molar refractivity (Wildman–Crippen MR) is 71.3 cm³/mol. The van der Waals surface area contributed by atoms with E-state index in [0.717, 1.165) is 44.7 Å². The van der Waals surface area contributed by atoms with Crippen molar-refractivity contribution >= 4 is 0 Å². The molecule has 100 valence electrons. The second kappa shape index (κ2) is 7.34. The van der Waals surface area contributed by atoms with E-state index in [-0.39, 0.29) is 0 Å². The molecule has 1 N–H and O–H groups in total. The smallest absolute Gasteiger partial charge is 0.0494 e. The Morgan fingerprint density at radius 3 is 2.88 bits per heavy atom. The number of hydrogen-bond acceptors (Lipinski definition) is 3. The molecule has 0 radical (unpaired) electrons. The van der Waals surface area contributed by atoms with Crippen molar-refractivity contribution in [3.05, 3.63) is 0 Å². The third-order valence-corrected chi connectivity index (χ3v) is 3.99. The molecule has 1 saturated heterocycles. The average molecular weight is 240 g/mol. The van der Waals surface area contributed by atoms with E-state index in [1.54, 1.807) is 0 Å². The van der Waals surface area contributed by atoms with Gasteiger partial charge in [0.25, 0.3) is 0 Å². The number of rotatable bonds is 8. The maximum atomic E-state index is 5.62. The molecular formula is C14H28N2O. The summed E-state index contributed by atoms with van der Waals surface area (Å²) in [6.45, 7) is 5.47. The van der Waals surface area contributed by atoms with E-state index in [1.165, 1.54) is 38.6 Å². The van der Waals surface area contributed by atoms with Gasteiger partial charge in [-0.2, -0.15) is 0 Å². The fourth-order valence-electron chi connectivity index (χ4n) is 2.50. The van der Waals surface area contributed by atoms with Crippen molar-refractivity contribution in [3.8, 4) is 0 Å². The molecule has 1 atom stereocenters. The summed E-state index contributed by atoms with van der Waals surface area (Å²) in [5.41, 5.74) is 0. The van der Waals surface area contributed by atoms with E-state index in [1.807, 2.05) is 0 Å². The molecule has 3 nitrogen and oxygen atoms in total. The second-order valence-corrected chi connectivity index (χ2v) is 5.71. The number of likely N-dealkylation sites (N-methyl/N-ethyl adjacent to an activating group) is 1. The molecule has 0 amide bonds. The van der Waals surface area contributed by atoms with Gasteiger partial charge in [-0.05, 0) is 58.2 Å². The molecular weight excluding hydrogens is 212 g/mol. The summed E-state index contributed by atoms with van der Waals surface area (Å²) >= 11 is 0. The van der Waals surface area contributed by atoms with Gasteiger partial charge in [-0.3, -0.25) is 0 Å². The molecule has 0 aromatic carbocycles. The molecule has 0 aromatic rings. The first kappa shape index (κ1) is 13.3. The molecule has 1 aliphatic heterocycles. The fourth-order valence-corrected chi connectivity index (χ4v) is 2.50. The van der Waals surface area contributed by atoms with Crippen LogP contribution in [0.25, 0.3) is 0 Å². The van der Waals surface area contributed by atoms with Crippen LogP contribution in [0, 0.1) is 5.92 Å². The van der Waals surface area contributed by atoms with Crippen LogP contribution in [0.15, 0.2) is 0 Å². The molecule has 1 heterocycles. The molecule has 2 aliphatic rings. The molecule has 0 spiro atoms. The average Bonchev–Trinajstić information content (AvgIpc) is 3.14. The highest BCUT2D eigenvalue weighted by Gasteiger charge is 2.21. The molecule has 1 unspecified atom stereocenters. The normalized spacial score (nSPS) is 26.3. The van der Waals surface area contributed by atoms with E-state index in [0.29, 0.717) is 0 Å². The Labute approximate surface area is 106 Å². The maximum absolute atomic E-state index is 5.62. The highest BCUT2D eigenvalue weighted by atomic mass is 16.5. The number of piperidine rings is 1. The van der Waals surface area contributed by atoms with Crippen molar-refractivity contribution in [2.75, 3.05) is 39.9 Å². The lowest BCUT2D eigenvalue weighted by Gasteiger charge is -2.32. The number of hydrogen-bond donors (Lipinski definition) is 1. The Balaban J connectivity index is 1.39. The second-order valence-electron chi connectivity index (χ2n) is 5.71. The first-order chi connectivity index (χ1) is 8.36. The van der Waals surface area contributed by atoms with Gasteiger partial charge in [-0.1, -0.05) is 6.42 Å². The van der Waals surface area contributed by atoms with Crippen molar-refractivity contribution in [2.45, 2.75) is 44.6 Å². The number of ether oxygens (including phenoxy) is 1. The van der Waals surface area contributed by atoms with Crippen molar-refractivity contribution in [1.29, 1.82) is 0 Å². The first-order valence-electron chi connectivity index (χ1n) is 7.35. The molecule has 1 aliphatic carbocycles. The van der Waals surface area contributed by atoms with Crippen LogP contribution in [0.1, 0.15) is 38.5 Å². The Hall–Kier alpha value is -0.120. The molecule has 1 saturated carbocycles. The molecule has 0 aromatic heterocycles. The summed E-state index contributed by atoms with van der Waals surface area (Å²) in [7, 11) is 2.25. The van der Waals surface area contributed by atoms with Gasteiger partial charge >= 0.3 is 0 Å². The minimum Gasteiger partial charge on any atom is -0.381 e. The van der Waals surface area contributed by atoms with Gasteiger partial charge in [0.15, 0.2) is 0 Å². The standard InChI is InChI=1S/C14H28N2O/c1-16-9-3-2-5-14(16)11-15-8-4-10-17-12-13-6-7-13/h13-15H,2-12H2,1H3.